The molecule has 2 aromatic carbocycles. The molecule has 0 unspecified atom stereocenters. The quantitative estimate of drug-likeness (QED) is 0.193. The molecule has 1 heterocycles. The molecule has 3 aromatic rings. The standard InChI is InChI=1S/C28H26F5N3O.C2H6/c1-14-19(23(31)25(33)24(32)22(14)30)13-21(37)36(2)28-26(15-6-4-3-5-7-15)35-27-18-10-9-17(29)12-16(18)8-11-20(27)34-28;1-2/h9-10,12,15H,3-8,11,13H2,1-2H3;1-2H3. The Morgan fingerprint density at radius 3 is 2.28 bits per heavy atom. The van der Waals surface area contributed by atoms with Gasteiger partial charge < -0.3 is 0 Å². The number of halogens is 5. The van der Waals surface area contributed by atoms with Crippen LogP contribution < -0.4 is 4.90 Å². The molecule has 1 amide bonds. The predicted molar refractivity (Wildman–Crippen MR) is 140 cm³/mol. The molecule has 1 saturated carbocycles. The van der Waals surface area contributed by atoms with Gasteiger partial charge in [-0.15, -0.1) is 0 Å². The molecule has 0 bridgehead atoms. The van der Waals surface area contributed by atoms with Gasteiger partial charge in [-0.2, -0.15) is 0 Å². The van der Waals surface area contributed by atoms with Gasteiger partial charge in [-0.1, -0.05) is 33.1 Å². The smallest absolute Gasteiger partial charge is 0.232 e. The third-order valence-corrected chi connectivity index (χ3v) is 7.57. The number of aromatic nitrogens is 2. The summed E-state index contributed by atoms with van der Waals surface area (Å²) in [6.07, 6.45) is 5.21. The molecule has 208 valence electrons. The molecule has 0 saturated heterocycles. The minimum Gasteiger partial charge on any atom is -0.298 e. The van der Waals surface area contributed by atoms with Gasteiger partial charge in [-0.3, -0.25) is 9.69 Å². The SMILES string of the molecule is CC.Cc1c(F)c(F)c(F)c(F)c1CC(=O)N(C)c1nc2c(nc1C1CCCCC1)-c1ccc(F)cc1CC2. The van der Waals surface area contributed by atoms with Crippen molar-refractivity contribution < 1.29 is 26.7 Å². The fourth-order valence-electron chi connectivity index (χ4n) is 5.40. The number of nitrogens with zero attached hydrogens (tertiary/aromatic N) is 3. The second-order valence-corrected chi connectivity index (χ2v) is 9.85. The van der Waals surface area contributed by atoms with Crippen molar-refractivity contribution in [1.29, 1.82) is 0 Å². The Hall–Kier alpha value is -3.36. The lowest BCUT2D eigenvalue weighted by Crippen LogP contribution is -2.32. The van der Waals surface area contributed by atoms with Crippen molar-refractivity contribution >= 4 is 11.7 Å². The minimum absolute atomic E-state index is 0.0433. The summed E-state index contributed by atoms with van der Waals surface area (Å²) in [5, 5.41) is 0. The fraction of sp³-hybridized carbons (Fsp3) is 0.433. The third kappa shape index (κ3) is 5.40. The van der Waals surface area contributed by atoms with Gasteiger partial charge in [0, 0.05) is 24.1 Å². The number of hydrogen-bond acceptors (Lipinski definition) is 3. The van der Waals surface area contributed by atoms with E-state index in [0.29, 0.717) is 35.7 Å². The van der Waals surface area contributed by atoms with Gasteiger partial charge in [0.1, 0.15) is 5.82 Å². The van der Waals surface area contributed by atoms with Crippen molar-refractivity contribution in [3.8, 4) is 11.3 Å². The van der Waals surface area contributed by atoms with E-state index in [1.54, 1.807) is 6.07 Å². The Morgan fingerprint density at radius 2 is 1.59 bits per heavy atom. The molecule has 0 radical (unpaired) electrons. The summed E-state index contributed by atoms with van der Waals surface area (Å²) in [5.74, 6) is -7.55. The monoisotopic (exact) mass is 545 g/mol. The summed E-state index contributed by atoms with van der Waals surface area (Å²) in [4.78, 5) is 24.3. The summed E-state index contributed by atoms with van der Waals surface area (Å²) in [5.41, 5.74) is 2.62. The maximum absolute atomic E-state index is 14.5. The van der Waals surface area contributed by atoms with Crippen LogP contribution in [0.25, 0.3) is 11.3 Å². The first-order valence-electron chi connectivity index (χ1n) is 13.4. The number of aryl methyl sites for hydroxylation is 2. The van der Waals surface area contributed by atoms with Crippen LogP contribution in [0.3, 0.4) is 0 Å². The second-order valence-electron chi connectivity index (χ2n) is 9.85. The van der Waals surface area contributed by atoms with Crippen LogP contribution in [0, 0.1) is 36.0 Å². The highest BCUT2D eigenvalue weighted by Gasteiger charge is 2.31. The molecule has 0 aliphatic heterocycles. The van der Waals surface area contributed by atoms with E-state index in [2.05, 4.69) is 0 Å². The Balaban J connectivity index is 0.00000172. The van der Waals surface area contributed by atoms with E-state index in [9.17, 15) is 26.7 Å². The average molecular weight is 546 g/mol. The van der Waals surface area contributed by atoms with Crippen molar-refractivity contribution in [3.05, 3.63) is 75.4 Å². The van der Waals surface area contributed by atoms with Gasteiger partial charge in [-0.25, -0.2) is 31.9 Å². The highest BCUT2D eigenvalue weighted by Crippen LogP contribution is 2.40. The first-order chi connectivity index (χ1) is 18.7. The molecule has 0 atom stereocenters. The zero-order valence-electron chi connectivity index (χ0n) is 22.6. The average Bonchev–Trinajstić information content (AvgIpc) is 2.97. The summed E-state index contributed by atoms with van der Waals surface area (Å²) < 4.78 is 69.9. The molecule has 1 fully saturated rings. The first kappa shape index (κ1) is 28.6. The summed E-state index contributed by atoms with van der Waals surface area (Å²) in [6, 6.07) is 4.58. The number of amides is 1. The van der Waals surface area contributed by atoms with Crippen LogP contribution in [0.5, 0.6) is 0 Å². The third-order valence-electron chi connectivity index (χ3n) is 7.57. The van der Waals surface area contributed by atoms with Crippen LogP contribution in [0.4, 0.5) is 27.8 Å². The highest BCUT2D eigenvalue weighted by molar-refractivity contribution is 5.94. The van der Waals surface area contributed by atoms with Crippen LogP contribution in [0.15, 0.2) is 18.2 Å². The lowest BCUT2D eigenvalue weighted by atomic mass is 9.85. The summed E-state index contributed by atoms with van der Waals surface area (Å²) in [6.45, 7) is 5.11. The van der Waals surface area contributed by atoms with E-state index in [1.807, 2.05) is 13.8 Å². The van der Waals surface area contributed by atoms with E-state index in [0.717, 1.165) is 50.2 Å². The van der Waals surface area contributed by atoms with E-state index in [1.165, 1.54) is 24.1 Å². The van der Waals surface area contributed by atoms with Crippen molar-refractivity contribution in [2.24, 2.45) is 0 Å². The number of hydrogen-bond donors (Lipinski definition) is 0. The molecule has 39 heavy (non-hydrogen) atoms. The molecular weight excluding hydrogens is 513 g/mol. The summed E-state index contributed by atoms with van der Waals surface area (Å²) in [7, 11) is 1.47. The van der Waals surface area contributed by atoms with Crippen molar-refractivity contribution in [1.82, 2.24) is 9.97 Å². The Kier molecular flexibility index (Phi) is 8.67. The Morgan fingerprint density at radius 1 is 0.923 bits per heavy atom. The first-order valence-corrected chi connectivity index (χ1v) is 13.4. The van der Waals surface area contributed by atoms with Crippen LogP contribution in [0.1, 0.15) is 79.9 Å². The van der Waals surface area contributed by atoms with Crippen LogP contribution in [0.2, 0.25) is 0 Å². The van der Waals surface area contributed by atoms with Gasteiger partial charge in [0.25, 0.3) is 0 Å². The van der Waals surface area contributed by atoms with Crippen LogP contribution in [-0.2, 0) is 24.1 Å². The Bertz CT molecular complexity index is 1370. The lowest BCUT2D eigenvalue weighted by molar-refractivity contribution is -0.117. The Labute approximate surface area is 225 Å². The van der Waals surface area contributed by atoms with Crippen LogP contribution >= 0.6 is 0 Å². The number of benzene rings is 2. The van der Waals surface area contributed by atoms with Gasteiger partial charge in [0.2, 0.25) is 5.91 Å². The zero-order valence-corrected chi connectivity index (χ0v) is 22.6. The van der Waals surface area contributed by atoms with E-state index < -0.39 is 46.7 Å². The number of carbonyl (C=O) groups is 1. The van der Waals surface area contributed by atoms with Crippen molar-refractivity contribution in [2.45, 2.75) is 78.1 Å². The second kappa shape index (κ2) is 11.8. The molecule has 2 aliphatic carbocycles. The number of fused-ring (bicyclic) bond motifs is 3. The topological polar surface area (TPSA) is 46.1 Å². The number of anilines is 1. The van der Waals surface area contributed by atoms with E-state index in [4.69, 9.17) is 9.97 Å². The van der Waals surface area contributed by atoms with E-state index in [-0.39, 0.29) is 11.7 Å². The van der Waals surface area contributed by atoms with E-state index >= 15 is 0 Å². The number of rotatable bonds is 4. The molecule has 1 aromatic heterocycles. The highest BCUT2D eigenvalue weighted by atomic mass is 19.2. The maximum Gasteiger partial charge on any atom is 0.232 e. The van der Waals surface area contributed by atoms with Gasteiger partial charge in [0.15, 0.2) is 29.1 Å². The summed E-state index contributed by atoms with van der Waals surface area (Å²) >= 11 is 0. The zero-order chi connectivity index (χ0) is 28.4. The molecule has 4 nitrogen and oxygen atoms in total. The molecule has 2 aliphatic rings. The van der Waals surface area contributed by atoms with Crippen molar-refractivity contribution in [3.63, 3.8) is 0 Å². The maximum atomic E-state index is 14.5. The number of likely N-dealkylation sites (N-methyl/N-ethyl adjacent to an activating group) is 1. The van der Waals surface area contributed by atoms with Gasteiger partial charge in [0.05, 0.1) is 23.5 Å². The lowest BCUT2D eigenvalue weighted by Gasteiger charge is -2.29. The minimum atomic E-state index is -1.94. The normalized spacial score (nSPS) is 14.7. The molecule has 0 spiro atoms. The molecule has 9 heteroatoms. The fourth-order valence-corrected chi connectivity index (χ4v) is 5.40. The molecular formula is C30H32F5N3O. The van der Waals surface area contributed by atoms with Gasteiger partial charge in [-0.05, 0) is 61.9 Å². The molecule has 5 rings (SSSR count). The molecule has 0 N–H and O–H groups in total. The largest absolute Gasteiger partial charge is 0.298 e. The van der Waals surface area contributed by atoms with Crippen LogP contribution in [-0.4, -0.2) is 22.9 Å². The predicted octanol–water partition coefficient (Wildman–Crippen LogP) is 7.53. The number of carbonyl (C=O) groups excluding carboxylic acids is 1. The van der Waals surface area contributed by atoms with Crippen molar-refractivity contribution in [2.75, 3.05) is 11.9 Å². The van der Waals surface area contributed by atoms with Gasteiger partial charge >= 0.3 is 0 Å².